The zero-order valence-corrected chi connectivity index (χ0v) is 17.3. The molecule has 3 nitrogen and oxygen atoms in total. The molecule has 0 saturated carbocycles. The van der Waals surface area contributed by atoms with Crippen LogP contribution in [0, 0.1) is 5.82 Å². The molecule has 0 fully saturated rings. The highest BCUT2D eigenvalue weighted by Crippen LogP contribution is 2.34. The van der Waals surface area contributed by atoms with Gasteiger partial charge in [0.05, 0.1) is 6.61 Å². The van der Waals surface area contributed by atoms with Gasteiger partial charge in [-0.1, -0.05) is 64.5 Å². The second-order valence-corrected chi connectivity index (χ2v) is 7.15. The molecule has 0 atom stereocenters. The van der Waals surface area contributed by atoms with Crippen molar-refractivity contribution in [3.8, 4) is 11.5 Å². The summed E-state index contributed by atoms with van der Waals surface area (Å²) < 4.78 is 26.4. The van der Waals surface area contributed by atoms with Crippen molar-refractivity contribution < 1.29 is 13.9 Å². The Balaban J connectivity index is 1.69. The summed E-state index contributed by atoms with van der Waals surface area (Å²) in [7, 11) is 0. The normalized spacial score (nSPS) is 10.7. The highest BCUT2D eigenvalue weighted by Gasteiger charge is 2.12. The van der Waals surface area contributed by atoms with Crippen LogP contribution in [0.15, 0.2) is 71.2 Å². The summed E-state index contributed by atoms with van der Waals surface area (Å²) in [4.78, 5) is 0. The first-order valence-corrected chi connectivity index (χ1v) is 10.0. The van der Waals surface area contributed by atoms with Gasteiger partial charge >= 0.3 is 0 Å². The van der Waals surface area contributed by atoms with Crippen LogP contribution in [0.4, 0.5) is 4.39 Å². The maximum absolute atomic E-state index is 13.8. The third kappa shape index (κ3) is 5.57. The zero-order valence-electron chi connectivity index (χ0n) is 15.8. The molecule has 3 aromatic rings. The monoisotopic (exact) mass is 443 g/mol. The number of nitrogens with one attached hydrogen (secondary N) is 1. The van der Waals surface area contributed by atoms with Gasteiger partial charge in [-0.3, -0.25) is 0 Å². The molecule has 0 radical (unpaired) electrons. The van der Waals surface area contributed by atoms with Gasteiger partial charge in [0.25, 0.3) is 0 Å². The Bertz CT molecular complexity index is 902. The number of hydrogen-bond acceptors (Lipinski definition) is 3. The van der Waals surface area contributed by atoms with Gasteiger partial charge in [0.15, 0.2) is 11.5 Å². The molecule has 3 aromatic carbocycles. The predicted octanol–water partition coefficient (Wildman–Crippen LogP) is 5.86. The molecule has 0 aliphatic rings. The zero-order chi connectivity index (χ0) is 19.8. The van der Waals surface area contributed by atoms with Crippen LogP contribution >= 0.6 is 15.9 Å². The first kappa shape index (κ1) is 20.4. The second kappa shape index (κ2) is 10.2. The summed E-state index contributed by atoms with van der Waals surface area (Å²) in [5.41, 5.74) is 2.81. The largest absolute Gasteiger partial charge is 0.490 e. The molecule has 5 heteroatoms. The number of ether oxygens (including phenoxy) is 2. The van der Waals surface area contributed by atoms with Crippen LogP contribution in [-0.2, 0) is 19.7 Å². The number of benzene rings is 3. The average Bonchev–Trinajstić information content (AvgIpc) is 2.71. The van der Waals surface area contributed by atoms with Crippen LogP contribution in [-0.4, -0.2) is 6.61 Å². The van der Waals surface area contributed by atoms with Crippen molar-refractivity contribution in [1.82, 2.24) is 5.32 Å². The average molecular weight is 444 g/mol. The lowest BCUT2D eigenvalue weighted by molar-refractivity contribution is 0.265. The Morgan fingerprint density at radius 2 is 1.57 bits per heavy atom. The van der Waals surface area contributed by atoms with Gasteiger partial charge in [-0.2, -0.15) is 0 Å². The molecule has 28 heavy (non-hydrogen) atoms. The lowest BCUT2D eigenvalue weighted by Gasteiger charge is -2.16. The fourth-order valence-corrected chi connectivity index (χ4v) is 3.26. The predicted molar refractivity (Wildman–Crippen MR) is 113 cm³/mol. The molecular formula is C23H23BrFNO2. The molecule has 0 heterocycles. The highest BCUT2D eigenvalue weighted by atomic mass is 79.9. The molecule has 3 rings (SSSR count). The van der Waals surface area contributed by atoms with Crippen molar-refractivity contribution in [3.63, 3.8) is 0 Å². The second-order valence-electron chi connectivity index (χ2n) is 6.29. The van der Waals surface area contributed by atoms with Crippen LogP contribution in [0.5, 0.6) is 11.5 Å². The van der Waals surface area contributed by atoms with E-state index in [0.717, 1.165) is 16.6 Å². The van der Waals surface area contributed by atoms with Gasteiger partial charge in [-0.25, -0.2) is 4.39 Å². The van der Waals surface area contributed by atoms with Crippen LogP contribution in [0.2, 0.25) is 0 Å². The Labute approximate surface area is 173 Å². The standard InChI is InChI=1S/C23H23BrFNO2/c1-2-27-22-12-19(15-26-14-17-8-4-3-5-9-17)20(24)13-23(22)28-16-18-10-6-7-11-21(18)25/h3-13,26H,2,14-16H2,1H3. The van der Waals surface area contributed by atoms with E-state index in [0.29, 0.717) is 30.2 Å². The quantitative estimate of drug-likeness (QED) is 0.449. The third-order valence-electron chi connectivity index (χ3n) is 4.24. The maximum atomic E-state index is 13.8. The van der Waals surface area contributed by atoms with E-state index in [9.17, 15) is 4.39 Å². The third-order valence-corrected chi connectivity index (χ3v) is 4.98. The molecule has 0 aromatic heterocycles. The lowest BCUT2D eigenvalue weighted by Crippen LogP contribution is -2.13. The van der Waals surface area contributed by atoms with Crippen molar-refractivity contribution in [3.05, 3.63) is 93.7 Å². The number of hydrogen-bond donors (Lipinski definition) is 1. The summed E-state index contributed by atoms with van der Waals surface area (Å²) in [6, 6.07) is 20.7. The van der Waals surface area contributed by atoms with E-state index in [1.807, 2.05) is 37.3 Å². The first-order valence-electron chi connectivity index (χ1n) is 9.23. The highest BCUT2D eigenvalue weighted by molar-refractivity contribution is 9.10. The van der Waals surface area contributed by atoms with Crippen molar-refractivity contribution in [2.75, 3.05) is 6.61 Å². The molecule has 0 aliphatic heterocycles. The van der Waals surface area contributed by atoms with E-state index >= 15 is 0 Å². The van der Waals surface area contributed by atoms with E-state index in [-0.39, 0.29) is 12.4 Å². The van der Waals surface area contributed by atoms with Crippen molar-refractivity contribution in [2.45, 2.75) is 26.6 Å². The van der Waals surface area contributed by atoms with Gasteiger partial charge in [0, 0.05) is 23.1 Å². The molecular weight excluding hydrogens is 421 g/mol. The van der Waals surface area contributed by atoms with Crippen LogP contribution < -0.4 is 14.8 Å². The lowest BCUT2D eigenvalue weighted by atomic mass is 10.1. The molecule has 0 unspecified atom stereocenters. The van der Waals surface area contributed by atoms with Gasteiger partial charge in [-0.05, 0) is 36.2 Å². The molecule has 1 N–H and O–H groups in total. The number of halogens is 2. The smallest absolute Gasteiger partial charge is 0.162 e. The fourth-order valence-electron chi connectivity index (χ4n) is 2.80. The van der Waals surface area contributed by atoms with Crippen LogP contribution in [0.3, 0.4) is 0 Å². The van der Waals surface area contributed by atoms with Crippen LogP contribution in [0.25, 0.3) is 0 Å². The molecule has 0 bridgehead atoms. The Morgan fingerprint density at radius 3 is 2.32 bits per heavy atom. The summed E-state index contributed by atoms with van der Waals surface area (Å²) in [6.45, 7) is 4.06. The van der Waals surface area contributed by atoms with Gasteiger partial charge < -0.3 is 14.8 Å². The summed E-state index contributed by atoms with van der Waals surface area (Å²) >= 11 is 3.61. The van der Waals surface area contributed by atoms with Crippen molar-refractivity contribution >= 4 is 15.9 Å². The maximum Gasteiger partial charge on any atom is 0.162 e. The number of rotatable bonds is 9. The Kier molecular flexibility index (Phi) is 7.46. The van der Waals surface area contributed by atoms with Gasteiger partial charge in [0.2, 0.25) is 0 Å². The molecule has 146 valence electrons. The topological polar surface area (TPSA) is 30.5 Å². The Hall–Kier alpha value is -2.37. The van der Waals surface area contributed by atoms with E-state index < -0.39 is 0 Å². The van der Waals surface area contributed by atoms with Crippen molar-refractivity contribution in [2.24, 2.45) is 0 Å². The van der Waals surface area contributed by atoms with E-state index in [4.69, 9.17) is 9.47 Å². The molecule has 0 aliphatic carbocycles. The van der Waals surface area contributed by atoms with E-state index in [1.165, 1.54) is 11.6 Å². The minimum absolute atomic E-state index is 0.144. The van der Waals surface area contributed by atoms with Crippen molar-refractivity contribution in [1.29, 1.82) is 0 Å². The minimum atomic E-state index is -0.277. The van der Waals surface area contributed by atoms with Gasteiger partial charge in [-0.15, -0.1) is 0 Å². The molecule has 0 spiro atoms. The van der Waals surface area contributed by atoms with E-state index in [2.05, 4.69) is 33.4 Å². The summed E-state index contributed by atoms with van der Waals surface area (Å²) in [5, 5.41) is 3.44. The Morgan fingerprint density at radius 1 is 0.857 bits per heavy atom. The fraction of sp³-hybridized carbons (Fsp3) is 0.217. The minimum Gasteiger partial charge on any atom is -0.490 e. The summed E-state index contributed by atoms with van der Waals surface area (Å²) in [5.74, 6) is 0.962. The van der Waals surface area contributed by atoms with Gasteiger partial charge in [0.1, 0.15) is 12.4 Å². The van der Waals surface area contributed by atoms with Crippen LogP contribution in [0.1, 0.15) is 23.6 Å². The van der Waals surface area contributed by atoms with E-state index in [1.54, 1.807) is 18.2 Å². The molecule has 0 amide bonds. The molecule has 0 saturated heterocycles. The first-order chi connectivity index (χ1) is 13.7. The summed E-state index contributed by atoms with van der Waals surface area (Å²) in [6.07, 6.45) is 0. The SMILES string of the molecule is CCOc1cc(CNCc2ccccc2)c(Br)cc1OCc1ccccc1F.